The Morgan fingerprint density at radius 2 is 0.980 bits per heavy atom. The molecule has 0 atom stereocenters. The summed E-state index contributed by atoms with van der Waals surface area (Å²) in [5, 5.41) is 4.57. The largest absolute Gasteiger partial charge is 0.328 e. The monoisotopic (exact) mass is 644 g/mol. The van der Waals surface area contributed by atoms with Crippen molar-refractivity contribution in [3.8, 4) is 56.2 Å². The zero-order chi connectivity index (χ0) is 33.8. The van der Waals surface area contributed by atoms with Crippen LogP contribution in [0.25, 0.3) is 88.7 Å². The van der Waals surface area contributed by atoms with E-state index in [0.29, 0.717) is 5.82 Å². The molecular weight excluding hydrogens is 613 g/mol. The van der Waals surface area contributed by atoms with Gasteiger partial charge >= 0.3 is 5.69 Å². The summed E-state index contributed by atoms with van der Waals surface area (Å²) in [6.45, 7) is 0. The lowest BCUT2D eigenvalue weighted by molar-refractivity contribution is 0.795. The molecular formula is C45H32N4O. The van der Waals surface area contributed by atoms with Gasteiger partial charge in [-0.2, -0.15) is 0 Å². The van der Waals surface area contributed by atoms with Crippen LogP contribution in [0.2, 0.25) is 0 Å². The fraction of sp³-hybridized carbons (Fsp3) is 0.0444. The van der Waals surface area contributed by atoms with E-state index in [1.54, 1.807) is 9.13 Å². The summed E-state index contributed by atoms with van der Waals surface area (Å²) >= 11 is 0. The summed E-state index contributed by atoms with van der Waals surface area (Å²) in [6.07, 6.45) is 0. The lowest BCUT2D eigenvalue weighted by Crippen LogP contribution is -2.19. The highest BCUT2D eigenvalue weighted by atomic mass is 16.1. The molecule has 2 heterocycles. The maximum atomic E-state index is 13.0. The summed E-state index contributed by atoms with van der Waals surface area (Å²) in [5.74, 6) is 0.686. The summed E-state index contributed by atoms with van der Waals surface area (Å²) in [6, 6.07) is 54.8. The van der Waals surface area contributed by atoms with Crippen molar-refractivity contribution < 1.29 is 0 Å². The van der Waals surface area contributed by atoms with Crippen LogP contribution in [0.5, 0.6) is 0 Å². The predicted octanol–water partition coefficient (Wildman–Crippen LogP) is 10.3. The molecule has 0 amide bonds. The molecule has 5 nitrogen and oxygen atoms in total. The van der Waals surface area contributed by atoms with E-state index in [2.05, 4.69) is 109 Å². The fourth-order valence-electron chi connectivity index (χ4n) is 7.25. The summed E-state index contributed by atoms with van der Waals surface area (Å²) in [7, 11) is 3.68. The van der Waals surface area contributed by atoms with E-state index in [4.69, 9.17) is 9.97 Å². The molecule has 0 aliphatic rings. The van der Waals surface area contributed by atoms with E-state index in [0.717, 1.165) is 82.9 Å². The standard InChI is InChI=1S/C45H32N4O/c1-48-42-23-13-22-37(43(42)49(2)45(48)50)33-24-31-18-9-11-20-35(31)38(26-33)39-27-34(25-32-19-10-12-21-36(32)39)41-28-40(29-14-5-3-6-15-29)46-44(47-41)30-16-7-4-8-17-30/h3-28H,1-2H3. The average Bonchev–Trinajstić information content (AvgIpc) is 3.41. The van der Waals surface area contributed by atoms with Gasteiger partial charge in [0.25, 0.3) is 0 Å². The molecule has 0 unspecified atom stereocenters. The zero-order valence-corrected chi connectivity index (χ0v) is 27.7. The number of imidazole rings is 1. The molecule has 7 aromatic carbocycles. The molecule has 0 aliphatic heterocycles. The van der Waals surface area contributed by atoms with Crippen molar-refractivity contribution in [3.63, 3.8) is 0 Å². The van der Waals surface area contributed by atoms with Crippen LogP contribution < -0.4 is 5.69 Å². The van der Waals surface area contributed by atoms with Gasteiger partial charge in [-0.05, 0) is 74.6 Å². The highest BCUT2D eigenvalue weighted by molar-refractivity contribution is 6.09. The lowest BCUT2D eigenvalue weighted by Gasteiger charge is -2.16. The first-order chi connectivity index (χ1) is 24.5. The van der Waals surface area contributed by atoms with Crippen molar-refractivity contribution in [1.29, 1.82) is 0 Å². The molecule has 0 spiro atoms. The van der Waals surface area contributed by atoms with Gasteiger partial charge in [0.1, 0.15) is 0 Å². The SMILES string of the molecule is Cn1c(=O)n(C)c2c(-c3cc(-c4cc(-c5cc(-c6ccccc6)nc(-c6ccccc6)n5)cc5ccccc45)c4ccccc4c3)cccc21. The summed E-state index contributed by atoms with van der Waals surface area (Å²) in [5.41, 5.74) is 10.8. The maximum absolute atomic E-state index is 13.0. The number of fused-ring (bicyclic) bond motifs is 3. The minimum absolute atomic E-state index is 0.0400. The second-order valence-corrected chi connectivity index (χ2v) is 12.8. The third-order valence-corrected chi connectivity index (χ3v) is 9.73. The van der Waals surface area contributed by atoms with Gasteiger partial charge in [-0.15, -0.1) is 0 Å². The van der Waals surface area contributed by atoms with Gasteiger partial charge in [0.15, 0.2) is 5.82 Å². The number of aryl methyl sites for hydroxylation is 2. The topological polar surface area (TPSA) is 52.7 Å². The van der Waals surface area contributed by atoms with Gasteiger partial charge in [0.2, 0.25) is 0 Å². The number of hydrogen-bond donors (Lipinski definition) is 0. The quantitative estimate of drug-likeness (QED) is 0.187. The lowest BCUT2D eigenvalue weighted by atomic mass is 9.88. The highest BCUT2D eigenvalue weighted by Gasteiger charge is 2.18. The fourth-order valence-corrected chi connectivity index (χ4v) is 7.25. The van der Waals surface area contributed by atoms with Crippen molar-refractivity contribution in [3.05, 3.63) is 168 Å². The number of nitrogens with zero attached hydrogens (tertiary/aromatic N) is 4. The van der Waals surface area contributed by atoms with Gasteiger partial charge < -0.3 is 0 Å². The Morgan fingerprint density at radius 3 is 1.64 bits per heavy atom. The van der Waals surface area contributed by atoms with Crippen molar-refractivity contribution in [1.82, 2.24) is 19.1 Å². The van der Waals surface area contributed by atoms with Crippen LogP contribution in [0.4, 0.5) is 0 Å². The van der Waals surface area contributed by atoms with Crippen molar-refractivity contribution in [2.75, 3.05) is 0 Å². The van der Waals surface area contributed by atoms with Crippen LogP contribution in [-0.2, 0) is 14.1 Å². The van der Waals surface area contributed by atoms with E-state index in [-0.39, 0.29) is 5.69 Å². The molecule has 238 valence electrons. The number of para-hydroxylation sites is 1. The van der Waals surface area contributed by atoms with E-state index in [1.807, 2.05) is 62.6 Å². The van der Waals surface area contributed by atoms with E-state index in [9.17, 15) is 4.79 Å². The highest BCUT2D eigenvalue weighted by Crippen LogP contribution is 2.41. The van der Waals surface area contributed by atoms with Crippen LogP contribution in [0.3, 0.4) is 0 Å². The minimum Gasteiger partial charge on any atom is -0.295 e. The summed E-state index contributed by atoms with van der Waals surface area (Å²) < 4.78 is 3.46. The Labute approximate surface area is 289 Å². The Balaban J connectivity index is 1.32. The number of rotatable bonds is 5. The van der Waals surface area contributed by atoms with Crippen molar-refractivity contribution in [2.24, 2.45) is 14.1 Å². The molecule has 0 N–H and O–H groups in total. The van der Waals surface area contributed by atoms with Crippen molar-refractivity contribution >= 4 is 32.6 Å². The number of benzene rings is 7. The molecule has 0 saturated heterocycles. The molecule has 5 heteroatoms. The normalized spacial score (nSPS) is 11.5. The number of aromatic nitrogens is 4. The first-order valence-electron chi connectivity index (χ1n) is 16.7. The summed E-state index contributed by atoms with van der Waals surface area (Å²) in [4.78, 5) is 23.2. The van der Waals surface area contributed by atoms with Gasteiger partial charge in [0.05, 0.1) is 22.4 Å². The second-order valence-electron chi connectivity index (χ2n) is 12.8. The van der Waals surface area contributed by atoms with E-state index >= 15 is 0 Å². The Bertz CT molecular complexity index is 2740. The molecule has 50 heavy (non-hydrogen) atoms. The molecule has 0 saturated carbocycles. The van der Waals surface area contributed by atoms with Gasteiger partial charge in [-0.3, -0.25) is 9.13 Å². The zero-order valence-electron chi connectivity index (χ0n) is 27.7. The third-order valence-electron chi connectivity index (χ3n) is 9.73. The minimum atomic E-state index is -0.0400. The Kier molecular flexibility index (Phi) is 6.99. The Hall–Kier alpha value is -6.59. The first-order valence-corrected chi connectivity index (χ1v) is 16.7. The maximum Gasteiger partial charge on any atom is 0.328 e. The second kappa shape index (κ2) is 11.8. The van der Waals surface area contributed by atoms with Crippen LogP contribution >= 0.6 is 0 Å². The van der Waals surface area contributed by atoms with Crippen LogP contribution in [0.1, 0.15) is 0 Å². The number of hydrogen-bond acceptors (Lipinski definition) is 3. The van der Waals surface area contributed by atoms with E-state index in [1.165, 1.54) is 0 Å². The van der Waals surface area contributed by atoms with Gasteiger partial charge in [0, 0.05) is 36.3 Å². The molecule has 2 aromatic heterocycles. The molecule has 9 aromatic rings. The Morgan fingerprint density at radius 1 is 0.440 bits per heavy atom. The molecule has 0 radical (unpaired) electrons. The van der Waals surface area contributed by atoms with E-state index < -0.39 is 0 Å². The molecule has 0 fully saturated rings. The average molecular weight is 645 g/mol. The predicted molar refractivity (Wildman–Crippen MR) is 206 cm³/mol. The van der Waals surface area contributed by atoms with Gasteiger partial charge in [-0.25, -0.2) is 14.8 Å². The molecule has 9 rings (SSSR count). The third kappa shape index (κ3) is 4.91. The van der Waals surface area contributed by atoms with Crippen LogP contribution in [0, 0.1) is 0 Å². The van der Waals surface area contributed by atoms with Gasteiger partial charge in [-0.1, -0.05) is 121 Å². The molecule has 0 aliphatic carbocycles. The first kappa shape index (κ1) is 29.5. The van der Waals surface area contributed by atoms with Crippen molar-refractivity contribution in [2.45, 2.75) is 0 Å². The smallest absolute Gasteiger partial charge is 0.295 e. The molecule has 0 bridgehead atoms. The van der Waals surface area contributed by atoms with Crippen LogP contribution in [0.15, 0.2) is 163 Å². The van der Waals surface area contributed by atoms with Crippen LogP contribution in [-0.4, -0.2) is 19.1 Å².